The first-order valence-electron chi connectivity index (χ1n) is 11.5. The van der Waals surface area contributed by atoms with E-state index in [1.165, 1.54) is 11.1 Å². The van der Waals surface area contributed by atoms with Gasteiger partial charge in [-0.05, 0) is 68.6 Å². The molecule has 3 aromatic rings. The fourth-order valence-electron chi connectivity index (χ4n) is 4.40. The second-order valence-corrected chi connectivity index (χ2v) is 9.65. The molecule has 0 unspecified atom stereocenters. The molecule has 1 fully saturated rings. The summed E-state index contributed by atoms with van der Waals surface area (Å²) < 4.78 is 16.6. The Bertz CT molecular complexity index is 1070. The van der Waals surface area contributed by atoms with Crippen molar-refractivity contribution in [3.63, 3.8) is 0 Å². The van der Waals surface area contributed by atoms with Crippen molar-refractivity contribution < 1.29 is 18.7 Å². The monoisotopic (exact) mass is 468 g/mol. The quantitative estimate of drug-likeness (QED) is 0.440. The highest BCUT2D eigenvalue weighted by Crippen LogP contribution is 2.44. The number of nitrogens with one attached hydrogen (secondary N) is 1. The normalized spacial score (nSPS) is 15.9. The summed E-state index contributed by atoms with van der Waals surface area (Å²) in [5.74, 6) is 2.32. The number of ether oxygens (including phenoxy) is 2. The van der Waals surface area contributed by atoms with Crippen LogP contribution in [0, 0.1) is 5.92 Å². The molecule has 0 saturated carbocycles. The number of benzene rings is 1. The van der Waals surface area contributed by atoms with Crippen molar-refractivity contribution in [2.24, 2.45) is 5.92 Å². The number of amides is 1. The molecule has 176 valence electrons. The van der Waals surface area contributed by atoms with Crippen molar-refractivity contribution in [2.75, 3.05) is 32.6 Å². The largest absolute Gasteiger partial charge is 0.497 e. The van der Waals surface area contributed by atoms with E-state index >= 15 is 0 Å². The van der Waals surface area contributed by atoms with E-state index in [0.717, 1.165) is 60.0 Å². The number of anilines is 1. The molecular formula is C26H32N2O4S. The number of aryl methyl sites for hydroxylation is 1. The number of methoxy groups -OCH3 is 2. The number of nitrogens with zero attached hydrogens (tertiary/aromatic N) is 1. The molecule has 1 saturated heterocycles. The summed E-state index contributed by atoms with van der Waals surface area (Å²) >= 11 is 1.63. The van der Waals surface area contributed by atoms with Crippen LogP contribution in [0.5, 0.6) is 11.5 Å². The summed E-state index contributed by atoms with van der Waals surface area (Å²) in [6.45, 7) is 6.43. The third-order valence-electron chi connectivity index (χ3n) is 6.35. The smallest absolute Gasteiger partial charge is 0.291 e. The molecule has 6 nitrogen and oxygen atoms in total. The molecule has 3 heterocycles. The van der Waals surface area contributed by atoms with Gasteiger partial charge >= 0.3 is 0 Å². The number of piperidine rings is 1. The number of likely N-dealkylation sites (tertiary alicyclic amines) is 1. The standard InChI is InChI=1S/C26H32N2O4S/c1-5-19-16-21(26(33-19)27-25(29)22-7-6-14-32-22)24(28-12-10-17(2)11-13-28)20-9-8-18(30-3)15-23(20)31-4/h6-9,14-17,24H,5,10-13H2,1-4H3,(H,27,29)/t24-/m1/s1. The predicted molar refractivity (Wildman–Crippen MR) is 132 cm³/mol. The summed E-state index contributed by atoms with van der Waals surface area (Å²) in [6, 6.07) is 11.6. The van der Waals surface area contributed by atoms with Gasteiger partial charge in [0, 0.05) is 22.1 Å². The average molecular weight is 469 g/mol. The summed E-state index contributed by atoms with van der Waals surface area (Å²) in [5, 5.41) is 3.98. The maximum Gasteiger partial charge on any atom is 0.291 e. The van der Waals surface area contributed by atoms with Crippen LogP contribution in [0.25, 0.3) is 0 Å². The minimum absolute atomic E-state index is 0.0400. The molecule has 0 bridgehead atoms. The predicted octanol–water partition coefficient (Wildman–Crippen LogP) is 5.99. The summed E-state index contributed by atoms with van der Waals surface area (Å²) in [4.78, 5) is 16.6. The van der Waals surface area contributed by atoms with Crippen LogP contribution in [0.3, 0.4) is 0 Å². The molecule has 2 aromatic heterocycles. The van der Waals surface area contributed by atoms with Gasteiger partial charge < -0.3 is 19.2 Å². The second kappa shape index (κ2) is 10.4. The van der Waals surface area contributed by atoms with Crippen LogP contribution in [0.2, 0.25) is 0 Å². The van der Waals surface area contributed by atoms with Crippen molar-refractivity contribution in [2.45, 2.75) is 39.2 Å². The first kappa shape index (κ1) is 23.4. The molecule has 1 aliphatic rings. The first-order valence-corrected chi connectivity index (χ1v) is 12.3. The van der Waals surface area contributed by atoms with E-state index in [1.54, 1.807) is 37.7 Å². The summed E-state index contributed by atoms with van der Waals surface area (Å²) in [6.07, 6.45) is 4.71. The zero-order valence-electron chi connectivity index (χ0n) is 19.7. The van der Waals surface area contributed by atoms with Gasteiger partial charge in [-0.25, -0.2) is 0 Å². The lowest BCUT2D eigenvalue weighted by molar-refractivity contribution is 0.0996. The molecule has 0 radical (unpaired) electrons. The number of carbonyl (C=O) groups excluding carboxylic acids is 1. The van der Waals surface area contributed by atoms with Crippen molar-refractivity contribution in [3.8, 4) is 11.5 Å². The number of rotatable bonds is 8. The van der Waals surface area contributed by atoms with Gasteiger partial charge in [-0.3, -0.25) is 9.69 Å². The van der Waals surface area contributed by atoms with Gasteiger partial charge in [0.25, 0.3) is 5.91 Å². The van der Waals surface area contributed by atoms with E-state index in [4.69, 9.17) is 13.9 Å². The molecule has 1 aromatic carbocycles. The van der Waals surface area contributed by atoms with E-state index in [1.807, 2.05) is 12.1 Å². The van der Waals surface area contributed by atoms with Gasteiger partial charge in [-0.1, -0.05) is 13.8 Å². The Morgan fingerprint density at radius 3 is 2.61 bits per heavy atom. The fraction of sp³-hybridized carbons (Fsp3) is 0.423. The maximum atomic E-state index is 12.9. The number of hydrogen-bond donors (Lipinski definition) is 1. The van der Waals surface area contributed by atoms with E-state index < -0.39 is 0 Å². The summed E-state index contributed by atoms with van der Waals surface area (Å²) in [7, 11) is 3.35. The highest BCUT2D eigenvalue weighted by Gasteiger charge is 2.32. The molecule has 1 N–H and O–H groups in total. The Hall–Kier alpha value is -2.77. The molecule has 1 aliphatic heterocycles. The maximum absolute atomic E-state index is 12.9. The number of hydrogen-bond acceptors (Lipinski definition) is 6. The number of carbonyl (C=O) groups is 1. The SMILES string of the molecule is CCc1cc([C@@H](c2ccc(OC)cc2OC)N2CCC(C)CC2)c(NC(=O)c2ccco2)s1. The molecule has 33 heavy (non-hydrogen) atoms. The fourth-order valence-corrected chi connectivity index (χ4v) is 5.42. The average Bonchev–Trinajstić information content (AvgIpc) is 3.51. The minimum Gasteiger partial charge on any atom is -0.497 e. The third kappa shape index (κ3) is 5.09. The van der Waals surface area contributed by atoms with Crippen LogP contribution in [0.1, 0.15) is 59.3 Å². The van der Waals surface area contributed by atoms with Crippen LogP contribution < -0.4 is 14.8 Å². The molecule has 7 heteroatoms. The molecule has 0 spiro atoms. The molecule has 1 amide bonds. The number of furan rings is 1. The van der Waals surface area contributed by atoms with Crippen LogP contribution in [0.15, 0.2) is 47.1 Å². The van der Waals surface area contributed by atoms with E-state index in [0.29, 0.717) is 11.7 Å². The Kier molecular flexibility index (Phi) is 7.40. The first-order chi connectivity index (χ1) is 16.0. The van der Waals surface area contributed by atoms with Crippen molar-refractivity contribution in [3.05, 3.63) is 64.4 Å². The Labute approximate surface area is 199 Å². The van der Waals surface area contributed by atoms with Crippen molar-refractivity contribution in [1.29, 1.82) is 0 Å². The highest BCUT2D eigenvalue weighted by atomic mass is 32.1. The van der Waals surface area contributed by atoms with Crippen molar-refractivity contribution >= 4 is 22.2 Å². The Morgan fingerprint density at radius 2 is 1.97 bits per heavy atom. The lowest BCUT2D eigenvalue weighted by Crippen LogP contribution is -2.37. The lowest BCUT2D eigenvalue weighted by atomic mass is 9.92. The van der Waals surface area contributed by atoms with Crippen LogP contribution in [-0.2, 0) is 6.42 Å². The zero-order valence-corrected chi connectivity index (χ0v) is 20.5. The number of thiophene rings is 1. The Morgan fingerprint density at radius 1 is 1.18 bits per heavy atom. The molecule has 0 aliphatic carbocycles. The van der Waals surface area contributed by atoms with Crippen LogP contribution in [-0.4, -0.2) is 38.1 Å². The van der Waals surface area contributed by atoms with E-state index in [9.17, 15) is 4.79 Å². The summed E-state index contributed by atoms with van der Waals surface area (Å²) in [5.41, 5.74) is 2.16. The third-order valence-corrected chi connectivity index (χ3v) is 7.56. The topological polar surface area (TPSA) is 63.9 Å². The van der Waals surface area contributed by atoms with E-state index in [2.05, 4.69) is 36.2 Å². The van der Waals surface area contributed by atoms with Gasteiger partial charge in [0.15, 0.2) is 5.76 Å². The minimum atomic E-state index is -0.238. The van der Waals surface area contributed by atoms with Crippen molar-refractivity contribution in [1.82, 2.24) is 4.90 Å². The molecule has 4 rings (SSSR count). The highest BCUT2D eigenvalue weighted by molar-refractivity contribution is 7.16. The van der Waals surface area contributed by atoms with Gasteiger partial charge in [-0.15, -0.1) is 11.3 Å². The molecular weight excluding hydrogens is 436 g/mol. The van der Waals surface area contributed by atoms with Gasteiger partial charge in [0.1, 0.15) is 16.5 Å². The van der Waals surface area contributed by atoms with Gasteiger partial charge in [0.2, 0.25) is 0 Å². The zero-order chi connectivity index (χ0) is 23.4. The van der Waals surface area contributed by atoms with Crippen LogP contribution in [0.4, 0.5) is 5.00 Å². The second-order valence-electron chi connectivity index (χ2n) is 8.51. The van der Waals surface area contributed by atoms with Gasteiger partial charge in [-0.2, -0.15) is 0 Å². The Balaban J connectivity index is 1.79. The van der Waals surface area contributed by atoms with E-state index in [-0.39, 0.29) is 11.9 Å². The lowest BCUT2D eigenvalue weighted by Gasteiger charge is -2.37. The molecule has 1 atom stereocenters. The van der Waals surface area contributed by atoms with Gasteiger partial charge in [0.05, 0.1) is 26.5 Å². The van der Waals surface area contributed by atoms with Crippen LogP contribution >= 0.6 is 11.3 Å².